The van der Waals surface area contributed by atoms with Gasteiger partial charge in [0.15, 0.2) is 0 Å². The van der Waals surface area contributed by atoms with E-state index in [0.29, 0.717) is 18.5 Å². The van der Waals surface area contributed by atoms with Crippen LogP contribution < -0.4 is 10.0 Å². The highest BCUT2D eigenvalue weighted by Gasteiger charge is 2.23. The molecule has 6 heteroatoms. The molecule has 1 rings (SSSR count). The minimum Gasteiger partial charge on any atom is -0.314 e. The molecule has 102 valence electrons. The highest BCUT2D eigenvalue weighted by molar-refractivity contribution is 7.87. The highest BCUT2D eigenvalue weighted by Crippen LogP contribution is 2.13. The first-order valence-electron chi connectivity index (χ1n) is 6.29. The normalized spacial score (nSPS) is 26.7. The molecule has 2 atom stereocenters. The van der Waals surface area contributed by atoms with E-state index in [1.54, 1.807) is 7.05 Å². The molecule has 0 aromatic heterocycles. The molecule has 0 radical (unpaired) electrons. The molecule has 0 aromatic carbocycles. The van der Waals surface area contributed by atoms with Gasteiger partial charge in [0.1, 0.15) is 0 Å². The molecule has 0 spiro atoms. The lowest BCUT2D eigenvalue weighted by molar-refractivity contribution is 0.319. The van der Waals surface area contributed by atoms with Crippen molar-refractivity contribution < 1.29 is 8.42 Å². The molecular weight excluding hydrogens is 238 g/mol. The van der Waals surface area contributed by atoms with Gasteiger partial charge in [-0.25, -0.2) is 4.72 Å². The van der Waals surface area contributed by atoms with Crippen molar-refractivity contribution in [3.8, 4) is 0 Å². The smallest absolute Gasteiger partial charge is 0.279 e. The van der Waals surface area contributed by atoms with Gasteiger partial charge in [-0.1, -0.05) is 0 Å². The third kappa shape index (κ3) is 4.54. The zero-order valence-corrected chi connectivity index (χ0v) is 12.0. The number of piperidine rings is 1. The maximum absolute atomic E-state index is 11.9. The summed E-state index contributed by atoms with van der Waals surface area (Å²) in [5, 5.41) is 3.37. The summed E-state index contributed by atoms with van der Waals surface area (Å²) in [5.74, 6) is 0.404. The van der Waals surface area contributed by atoms with Gasteiger partial charge >= 0.3 is 0 Å². The zero-order valence-electron chi connectivity index (χ0n) is 11.2. The van der Waals surface area contributed by atoms with Gasteiger partial charge in [0.05, 0.1) is 0 Å². The lowest BCUT2D eigenvalue weighted by Crippen LogP contribution is -2.46. The molecule has 17 heavy (non-hydrogen) atoms. The van der Waals surface area contributed by atoms with Gasteiger partial charge < -0.3 is 5.32 Å². The minimum absolute atomic E-state index is 0.0167. The van der Waals surface area contributed by atoms with E-state index in [4.69, 9.17) is 0 Å². The average Bonchev–Trinajstić information content (AvgIpc) is 2.27. The predicted molar refractivity (Wildman–Crippen MR) is 70.0 cm³/mol. The number of hydrogen-bond acceptors (Lipinski definition) is 3. The first-order chi connectivity index (χ1) is 7.83. The van der Waals surface area contributed by atoms with E-state index in [2.05, 4.69) is 17.0 Å². The number of nitrogens with zero attached hydrogens (tertiary/aromatic N) is 1. The van der Waals surface area contributed by atoms with Crippen LogP contribution in [0, 0.1) is 5.92 Å². The van der Waals surface area contributed by atoms with Crippen LogP contribution in [0.15, 0.2) is 0 Å². The topological polar surface area (TPSA) is 61.4 Å². The SMILES string of the molecule is CC1CCC(CNS(=O)(=O)N(C)C(C)C)CN1. The second-order valence-electron chi connectivity index (χ2n) is 5.22. The summed E-state index contributed by atoms with van der Waals surface area (Å²) < 4.78 is 27.8. The van der Waals surface area contributed by atoms with Crippen molar-refractivity contribution in [2.45, 2.75) is 45.7 Å². The molecule has 1 aliphatic rings. The summed E-state index contributed by atoms with van der Waals surface area (Å²) in [7, 11) is -1.71. The quantitative estimate of drug-likeness (QED) is 0.761. The number of nitrogens with one attached hydrogen (secondary N) is 2. The van der Waals surface area contributed by atoms with Gasteiger partial charge in [-0.3, -0.25) is 0 Å². The molecule has 2 N–H and O–H groups in total. The van der Waals surface area contributed by atoms with Crippen LogP contribution in [0.25, 0.3) is 0 Å². The van der Waals surface area contributed by atoms with Gasteiger partial charge in [0, 0.05) is 25.7 Å². The fraction of sp³-hybridized carbons (Fsp3) is 1.00. The van der Waals surface area contributed by atoms with Gasteiger partial charge in [0.2, 0.25) is 0 Å². The van der Waals surface area contributed by atoms with E-state index in [-0.39, 0.29) is 6.04 Å². The molecule has 0 aromatic rings. The van der Waals surface area contributed by atoms with Crippen LogP contribution in [-0.2, 0) is 10.2 Å². The molecule has 0 amide bonds. The summed E-state index contributed by atoms with van der Waals surface area (Å²) in [6.45, 7) is 7.31. The second kappa shape index (κ2) is 6.13. The summed E-state index contributed by atoms with van der Waals surface area (Å²) in [6, 6.07) is 0.540. The Morgan fingerprint density at radius 2 is 2.06 bits per heavy atom. The largest absolute Gasteiger partial charge is 0.314 e. The van der Waals surface area contributed by atoms with E-state index in [0.717, 1.165) is 19.4 Å². The summed E-state index contributed by atoms with van der Waals surface area (Å²) >= 11 is 0. The summed E-state index contributed by atoms with van der Waals surface area (Å²) in [4.78, 5) is 0. The molecule has 0 saturated carbocycles. The van der Waals surface area contributed by atoms with Crippen LogP contribution in [-0.4, -0.2) is 44.9 Å². The van der Waals surface area contributed by atoms with Crippen molar-refractivity contribution >= 4 is 10.2 Å². The Bertz CT molecular complexity index is 322. The van der Waals surface area contributed by atoms with Crippen molar-refractivity contribution in [2.24, 2.45) is 5.92 Å². The molecule has 5 nitrogen and oxygen atoms in total. The second-order valence-corrected chi connectivity index (χ2v) is 7.03. The first kappa shape index (κ1) is 14.9. The van der Waals surface area contributed by atoms with E-state index >= 15 is 0 Å². The summed E-state index contributed by atoms with van der Waals surface area (Å²) in [5.41, 5.74) is 0. The average molecular weight is 263 g/mol. The Labute approximate surface area is 105 Å². The molecular formula is C11H25N3O2S. The van der Waals surface area contributed by atoms with Crippen LogP contribution in [0.3, 0.4) is 0 Å². The summed E-state index contributed by atoms with van der Waals surface area (Å²) in [6.07, 6.45) is 2.20. The molecule has 1 fully saturated rings. The van der Waals surface area contributed by atoms with Gasteiger partial charge in [-0.15, -0.1) is 0 Å². The standard InChI is InChI=1S/C11H25N3O2S/c1-9(2)14(4)17(15,16)13-8-11-6-5-10(3)12-7-11/h9-13H,5-8H2,1-4H3. The van der Waals surface area contributed by atoms with Gasteiger partial charge in [-0.2, -0.15) is 12.7 Å². The van der Waals surface area contributed by atoms with Gasteiger partial charge in [0.25, 0.3) is 10.2 Å². The van der Waals surface area contributed by atoms with Crippen molar-refractivity contribution in [1.29, 1.82) is 0 Å². The Morgan fingerprint density at radius 1 is 1.41 bits per heavy atom. The van der Waals surface area contributed by atoms with Crippen molar-refractivity contribution in [3.63, 3.8) is 0 Å². The molecule has 1 saturated heterocycles. The van der Waals surface area contributed by atoms with E-state index in [1.165, 1.54) is 4.31 Å². The molecule has 0 aliphatic carbocycles. The monoisotopic (exact) mass is 263 g/mol. The van der Waals surface area contributed by atoms with E-state index in [1.807, 2.05) is 13.8 Å². The minimum atomic E-state index is -3.32. The third-order valence-electron chi connectivity index (χ3n) is 3.42. The fourth-order valence-corrected chi connectivity index (χ4v) is 3.04. The lowest BCUT2D eigenvalue weighted by atomic mass is 9.96. The maximum Gasteiger partial charge on any atom is 0.279 e. The Morgan fingerprint density at radius 3 is 2.53 bits per heavy atom. The van der Waals surface area contributed by atoms with E-state index in [9.17, 15) is 8.42 Å². The zero-order chi connectivity index (χ0) is 13.1. The van der Waals surface area contributed by atoms with Crippen LogP contribution >= 0.6 is 0 Å². The van der Waals surface area contributed by atoms with Crippen LogP contribution in [0.1, 0.15) is 33.6 Å². The molecule has 0 bridgehead atoms. The number of rotatable bonds is 5. The predicted octanol–water partition coefficient (Wildman–Crippen LogP) is 0.549. The Kier molecular flexibility index (Phi) is 5.37. The van der Waals surface area contributed by atoms with Crippen LogP contribution in [0.2, 0.25) is 0 Å². The number of hydrogen-bond donors (Lipinski definition) is 2. The van der Waals surface area contributed by atoms with Crippen LogP contribution in [0.4, 0.5) is 0 Å². The van der Waals surface area contributed by atoms with Crippen LogP contribution in [0.5, 0.6) is 0 Å². The molecule has 1 aliphatic heterocycles. The van der Waals surface area contributed by atoms with Crippen molar-refractivity contribution in [2.75, 3.05) is 20.1 Å². The van der Waals surface area contributed by atoms with Crippen molar-refractivity contribution in [3.05, 3.63) is 0 Å². The molecule has 2 unspecified atom stereocenters. The Balaban J connectivity index is 2.40. The lowest BCUT2D eigenvalue weighted by Gasteiger charge is -2.29. The van der Waals surface area contributed by atoms with Crippen molar-refractivity contribution in [1.82, 2.24) is 14.3 Å². The molecule has 1 heterocycles. The first-order valence-corrected chi connectivity index (χ1v) is 7.73. The van der Waals surface area contributed by atoms with Gasteiger partial charge in [-0.05, 0) is 46.1 Å². The highest BCUT2D eigenvalue weighted by atomic mass is 32.2. The van der Waals surface area contributed by atoms with E-state index < -0.39 is 10.2 Å². The fourth-order valence-electron chi connectivity index (χ4n) is 1.83. The maximum atomic E-state index is 11.9. The Hall–Kier alpha value is -0.170. The third-order valence-corrected chi connectivity index (χ3v) is 5.14.